The molecule has 12 nitrogen and oxygen atoms in total. The van der Waals surface area contributed by atoms with Crippen LogP contribution >= 0.6 is 0 Å². The minimum atomic E-state index is -2.21. The summed E-state index contributed by atoms with van der Waals surface area (Å²) < 4.78 is 9.52. The minimum absolute atomic E-state index is 0.0253. The van der Waals surface area contributed by atoms with Crippen LogP contribution in [0.3, 0.4) is 0 Å². The van der Waals surface area contributed by atoms with Crippen LogP contribution in [0.1, 0.15) is 50.8 Å². The van der Waals surface area contributed by atoms with Gasteiger partial charge in [-0.2, -0.15) is 0 Å². The number of anilines is 1. The molecular weight excluding hydrogens is 630 g/mol. The zero-order valence-corrected chi connectivity index (χ0v) is 27.4. The standard InChI is InChI=1S/C19H25N3O.C18H14O8/c1-14-7-4-8-15(2)18(14)22(19(23)16(3)20)12-6-10-17-9-5-11-21-13-17;19-15(20)13(25-17(23)11-7-3-1-4-8-11)14(16(21)22)26-18(24)12-9-5-2-6-10-12/h4-5,7-9,11,13,16H,6,10,12,20H2,1-3H3;1-10,13-14H,(H,19,20)(H,21,22)/t16-;13-,14-/m10/s1. The number of carboxylic acids is 2. The van der Waals surface area contributed by atoms with Crippen LogP contribution in [0.15, 0.2) is 103 Å². The molecule has 1 heterocycles. The van der Waals surface area contributed by atoms with Crippen LogP contribution in [0.2, 0.25) is 0 Å². The van der Waals surface area contributed by atoms with E-state index in [4.69, 9.17) is 15.2 Å². The number of carboxylic acid groups (broad SMARTS) is 2. The van der Waals surface area contributed by atoms with Gasteiger partial charge >= 0.3 is 23.9 Å². The topological polar surface area (TPSA) is 186 Å². The molecule has 256 valence electrons. The lowest BCUT2D eigenvalue weighted by Gasteiger charge is -2.28. The van der Waals surface area contributed by atoms with Crippen LogP contribution in [0, 0.1) is 13.8 Å². The van der Waals surface area contributed by atoms with Crippen LogP contribution in [0.4, 0.5) is 5.69 Å². The molecule has 12 heteroatoms. The number of aromatic nitrogens is 1. The summed E-state index contributed by atoms with van der Waals surface area (Å²) in [5.74, 6) is -5.67. The number of pyridine rings is 1. The number of ether oxygens (including phenoxy) is 2. The number of amides is 1. The lowest BCUT2D eigenvalue weighted by molar-refractivity contribution is -0.166. The molecule has 4 rings (SSSR count). The van der Waals surface area contributed by atoms with E-state index in [1.807, 2.05) is 49.2 Å². The number of aryl methyl sites for hydroxylation is 3. The van der Waals surface area contributed by atoms with Crippen LogP contribution in [0.5, 0.6) is 0 Å². The van der Waals surface area contributed by atoms with Gasteiger partial charge in [0.25, 0.3) is 0 Å². The maximum Gasteiger partial charge on any atom is 0.349 e. The van der Waals surface area contributed by atoms with Gasteiger partial charge in [0.15, 0.2) is 0 Å². The van der Waals surface area contributed by atoms with Gasteiger partial charge in [-0.3, -0.25) is 9.78 Å². The van der Waals surface area contributed by atoms with E-state index in [1.54, 1.807) is 25.3 Å². The van der Waals surface area contributed by atoms with Gasteiger partial charge in [-0.1, -0.05) is 60.7 Å². The highest BCUT2D eigenvalue weighted by molar-refractivity contribution is 5.98. The molecule has 49 heavy (non-hydrogen) atoms. The van der Waals surface area contributed by atoms with Gasteiger partial charge < -0.3 is 30.3 Å². The largest absolute Gasteiger partial charge is 0.478 e. The van der Waals surface area contributed by atoms with Gasteiger partial charge in [-0.15, -0.1) is 0 Å². The zero-order valence-electron chi connectivity index (χ0n) is 27.4. The molecule has 0 radical (unpaired) electrons. The number of esters is 2. The second-order valence-corrected chi connectivity index (χ2v) is 11.0. The molecule has 4 N–H and O–H groups in total. The highest BCUT2D eigenvalue weighted by Gasteiger charge is 2.41. The van der Waals surface area contributed by atoms with Crippen molar-refractivity contribution in [3.8, 4) is 0 Å². The number of hydrogen-bond donors (Lipinski definition) is 3. The van der Waals surface area contributed by atoms with Crippen molar-refractivity contribution in [3.63, 3.8) is 0 Å². The molecule has 0 saturated carbocycles. The smallest absolute Gasteiger partial charge is 0.349 e. The lowest BCUT2D eigenvalue weighted by Crippen LogP contribution is -2.45. The molecule has 0 fully saturated rings. The number of rotatable bonds is 13. The van der Waals surface area contributed by atoms with Gasteiger partial charge in [-0.05, 0) is 80.6 Å². The van der Waals surface area contributed by atoms with Crippen molar-refractivity contribution in [2.45, 2.75) is 51.9 Å². The number of hydrogen-bond acceptors (Lipinski definition) is 9. The van der Waals surface area contributed by atoms with Crippen LogP contribution < -0.4 is 10.6 Å². The summed E-state index contributed by atoms with van der Waals surface area (Å²) in [7, 11) is 0. The van der Waals surface area contributed by atoms with Crippen molar-refractivity contribution in [2.75, 3.05) is 11.4 Å². The van der Waals surface area contributed by atoms with E-state index in [-0.39, 0.29) is 17.0 Å². The van der Waals surface area contributed by atoms with Crippen molar-refractivity contribution < 1.29 is 43.7 Å². The molecule has 3 atom stereocenters. The van der Waals surface area contributed by atoms with Crippen molar-refractivity contribution in [2.24, 2.45) is 5.73 Å². The molecule has 4 aromatic rings. The Morgan fingerprint density at radius 2 is 1.22 bits per heavy atom. The Hall–Kier alpha value is -5.88. The average Bonchev–Trinajstić information content (AvgIpc) is 3.09. The predicted octanol–water partition coefficient (Wildman–Crippen LogP) is 4.62. The van der Waals surface area contributed by atoms with Gasteiger partial charge in [-0.25, -0.2) is 19.2 Å². The predicted molar refractivity (Wildman–Crippen MR) is 181 cm³/mol. The summed E-state index contributed by atoms with van der Waals surface area (Å²) in [5, 5.41) is 18.5. The van der Waals surface area contributed by atoms with Gasteiger partial charge in [0.2, 0.25) is 18.1 Å². The number of carbonyl (C=O) groups excluding carboxylic acids is 3. The normalized spacial score (nSPS) is 12.2. The number of benzene rings is 3. The fourth-order valence-corrected chi connectivity index (χ4v) is 4.80. The fourth-order valence-electron chi connectivity index (χ4n) is 4.80. The first-order valence-corrected chi connectivity index (χ1v) is 15.4. The first kappa shape index (κ1) is 37.6. The Morgan fingerprint density at radius 1 is 0.735 bits per heavy atom. The number of carbonyl (C=O) groups is 5. The van der Waals surface area contributed by atoms with Crippen molar-refractivity contribution in [1.82, 2.24) is 4.98 Å². The third-order valence-electron chi connectivity index (χ3n) is 7.18. The summed E-state index contributed by atoms with van der Waals surface area (Å²) in [6.45, 7) is 6.46. The highest BCUT2D eigenvalue weighted by atomic mass is 16.6. The van der Waals surface area contributed by atoms with Crippen molar-refractivity contribution in [1.29, 1.82) is 0 Å². The van der Waals surface area contributed by atoms with Gasteiger partial charge in [0.05, 0.1) is 17.2 Å². The van der Waals surface area contributed by atoms with E-state index in [0.29, 0.717) is 6.54 Å². The van der Waals surface area contributed by atoms with Crippen molar-refractivity contribution >= 4 is 35.5 Å². The number of para-hydroxylation sites is 1. The molecule has 1 aromatic heterocycles. The minimum Gasteiger partial charge on any atom is -0.478 e. The molecular formula is C37H39N3O9. The van der Waals surface area contributed by atoms with Crippen LogP contribution in [-0.4, -0.2) is 69.8 Å². The molecule has 0 aliphatic heterocycles. The molecule has 0 saturated heterocycles. The Kier molecular flexibility index (Phi) is 14.2. The van der Waals surface area contributed by atoms with E-state index in [0.717, 1.165) is 29.7 Å². The fraction of sp³-hybridized carbons (Fsp3) is 0.243. The monoisotopic (exact) mass is 669 g/mol. The third kappa shape index (κ3) is 11.1. The van der Waals surface area contributed by atoms with E-state index in [9.17, 15) is 34.2 Å². The van der Waals surface area contributed by atoms with Crippen LogP contribution in [0.25, 0.3) is 0 Å². The summed E-state index contributed by atoms with van der Waals surface area (Å²) in [6, 6.07) is 24.4. The second-order valence-electron chi connectivity index (χ2n) is 11.0. The number of aliphatic carboxylic acids is 2. The quantitative estimate of drug-likeness (QED) is 0.169. The molecule has 3 aromatic carbocycles. The van der Waals surface area contributed by atoms with Gasteiger partial charge in [0.1, 0.15) is 0 Å². The molecule has 0 bridgehead atoms. The SMILES string of the molecule is Cc1cccc(C)c1N(CCCc1cccnc1)C(=O)[C@@H](C)N.O=C(O[C@H](C(=O)O)[C@H](OC(=O)c1ccccc1)C(=O)O)c1ccccc1. The first-order valence-electron chi connectivity index (χ1n) is 15.4. The summed E-state index contributed by atoms with van der Waals surface area (Å²) in [4.78, 5) is 65.4. The molecule has 1 amide bonds. The Labute approximate surface area is 284 Å². The number of nitrogens with zero attached hydrogens (tertiary/aromatic N) is 2. The summed E-state index contributed by atoms with van der Waals surface area (Å²) in [5.41, 5.74) is 10.3. The van der Waals surface area contributed by atoms with E-state index < -0.39 is 42.1 Å². The molecule has 0 spiro atoms. The molecule has 0 unspecified atom stereocenters. The highest BCUT2D eigenvalue weighted by Crippen LogP contribution is 2.25. The summed E-state index contributed by atoms with van der Waals surface area (Å²) >= 11 is 0. The Balaban J connectivity index is 0.000000267. The Bertz CT molecular complexity index is 1630. The number of nitrogens with two attached hydrogens (primary N) is 1. The van der Waals surface area contributed by atoms with E-state index in [2.05, 4.69) is 11.1 Å². The van der Waals surface area contributed by atoms with Crippen molar-refractivity contribution in [3.05, 3.63) is 131 Å². The lowest BCUT2D eigenvalue weighted by atomic mass is 10.1. The zero-order chi connectivity index (χ0) is 35.9. The first-order chi connectivity index (χ1) is 23.4. The van der Waals surface area contributed by atoms with E-state index in [1.165, 1.54) is 54.1 Å². The van der Waals surface area contributed by atoms with E-state index >= 15 is 0 Å². The second kappa shape index (κ2) is 18.5. The molecule has 0 aliphatic carbocycles. The maximum absolute atomic E-state index is 12.6. The maximum atomic E-state index is 12.6. The summed E-state index contributed by atoms with van der Waals surface area (Å²) in [6.07, 6.45) is 0.975. The molecule has 0 aliphatic rings. The van der Waals surface area contributed by atoms with Gasteiger partial charge in [0, 0.05) is 24.6 Å². The van der Waals surface area contributed by atoms with Crippen LogP contribution in [-0.2, 0) is 30.3 Å². The Morgan fingerprint density at radius 3 is 1.63 bits per heavy atom. The third-order valence-corrected chi connectivity index (χ3v) is 7.18. The average molecular weight is 670 g/mol.